The lowest BCUT2D eigenvalue weighted by atomic mass is 10.0. The SMILES string of the molecule is N#Cc1ncccc1CCCCc1ccccc1. The molecule has 0 saturated heterocycles. The normalized spacial score (nSPS) is 9.94. The molecular formula is C16H16N2. The molecule has 2 rings (SSSR count). The molecule has 0 amide bonds. The number of hydrogen-bond donors (Lipinski definition) is 0. The van der Waals surface area contributed by atoms with Crippen LogP contribution in [0.15, 0.2) is 48.7 Å². The zero-order valence-electron chi connectivity index (χ0n) is 10.3. The maximum Gasteiger partial charge on any atom is 0.143 e. The Hall–Kier alpha value is -2.14. The fraction of sp³-hybridized carbons (Fsp3) is 0.250. The number of aryl methyl sites for hydroxylation is 2. The number of nitriles is 1. The molecule has 2 aromatic rings. The zero-order valence-corrected chi connectivity index (χ0v) is 10.3. The molecule has 0 fully saturated rings. The largest absolute Gasteiger partial charge is 0.245 e. The molecule has 0 N–H and O–H groups in total. The highest BCUT2D eigenvalue weighted by molar-refractivity contribution is 5.30. The molecule has 18 heavy (non-hydrogen) atoms. The Labute approximate surface area is 108 Å². The summed E-state index contributed by atoms with van der Waals surface area (Å²) >= 11 is 0. The van der Waals surface area contributed by atoms with Gasteiger partial charge in [-0.1, -0.05) is 36.4 Å². The summed E-state index contributed by atoms with van der Waals surface area (Å²) in [7, 11) is 0. The number of rotatable bonds is 5. The Morgan fingerprint density at radius 3 is 2.50 bits per heavy atom. The van der Waals surface area contributed by atoms with E-state index in [2.05, 4.69) is 35.3 Å². The van der Waals surface area contributed by atoms with Crippen molar-refractivity contribution in [3.05, 3.63) is 65.5 Å². The van der Waals surface area contributed by atoms with Crippen molar-refractivity contribution in [3.8, 4) is 6.07 Å². The summed E-state index contributed by atoms with van der Waals surface area (Å²) in [6.07, 6.45) is 5.94. The van der Waals surface area contributed by atoms with Crippen LogP contribution in [0.3, 0.4) is 0 Å². The summed E-state index contributed by atoms with van der Waals surface area (Å²) in [6, 6.07) is 16.5. The van der Waals surface area contributed by atoms with Gasteiger partial charge in [0.25, 0.3) is 0 Å². The highest BCUT2D eigenvalue weighted by Gasteiger charge is 2.01. The van der Waals surface area contributed by atoms with Gasteiger partial charge in [0.15, 0.2) is 0 Å². The Kier molecular flexibility index (Phi) is 4.49. The zero-order chi connectivity index (χ0) is 12.6. The van der Waals surface area contributed by atoms with Crippen LogP contribution < -0.4 is 0 Å². The standard InChI is InChI=1S/C16H16N2/c17-13-16-15(11-6-12-18-16)10-5-4-9-14-7-2-1-3-8-14/h1-3,6-8,11-12H,4-5,9-10H2. The first kappa shape index (κ1) is 12.3. The summed E-state index contributed by atoms with van der Waals surface area (Å²) < 4.78 is 0. The van der Waals surface area contributed by atoms with Crippen molar-refractivity contribution in [3.63, 3.8) is 0 Å². The van der Waals surface area contributed by atoms with E-state index in [9.17, 15) is 0 Å². The van der Waals surface area contributed by atoms with E-state index in [0.29, 0.717) is 5.69 Å². The van der Waals surface area contributed by atoms with E-state index in [0.717, 1.165) is 31.2 Å². The third-order valence-electron chi connectivity index (χ3n) is 3.00. The number of benzene rings is 1. The molecule has 1 heterocycles. The van der Waals surface area contributed by atoms with Gasteiger partial charge >= 0.3 is 0 Å². The van der Waals surface area contributed by atoms with E-state index in [1.54, 1.807) is 6.20 Å². The number of aromatic nitrogens is 1. The minimum atomic E-state index is 0.567. The first-order valence-corrected chi connectivity index (χ1v) is 6.28. The molecule has 0 bridgehead atoms. The summed E-state index contributed by atoms with van der Waals surface area (Å²) in [5, 5.41) is 8.94. The molecule has 0 aliphatic carbocycles. The first-order chi connectivity index (χ1) is 8.90. The van der Waals surface area contributed by atoms with Crippen LogP contribution in [-0.2, 0) is 12.8 Å². The molecule has 0 aliphatic rings. The second kappa shape index (κ2) is 6.56. The quantitative estimate of drug-likeness (QED) is 0.745. The Bertz CT molecular complexity index is 526. The highest BCUT2D eigenvalue weighted by Crippen LogP contribution is 2.11. The minimum absolute atomic E-state index is 0.567. The number of hydrogen-bond acceptors (Lipinski definition) is 2. The average Bonchev–Trinajstić information content (AvgIpc) is 2.45. The van der Waals surface area contributed by atoms with Crippen LogP contribution in [0.25, 0.3) is 0 Å². The summed E-state index contributed by atoms with van der Waals surface area (Å²) in [4.78, 5) is 4.07. The number of nitrogens with zero attached hydrogens (tertiary/aromatic N) is 2. The number of unbranched alkanes of at least 4 members (excludes halogenated alkanes) is 1. The third kappa shape index (κ3) is 3.43. The second-order valence-electron chi connectivity index (χ2n) is 4.32. The van der Waals surface area contributed by atoms with Gasteiger partial charge in [-0.05, 0) is 42.9 Å². The van der Waals surface area contributed by atoms with E-state index in [-0.39, 0.29) is 0 Å². The van der Waals surface area contributed by atoms with Gasteiger partial charge in [-0.25, -0.2) is 4.98 Å². The molecule has 0 atom stereocenters. The Morgan fingerprint density at radius 1 is 0.944 bits per heavy atom. The van der Waals surface area contributed by atoms with E-state index in [1.165, 1.54) is 5.56 Å². The Balaban J connectivity index is 1.81. The minimum Gasteiger partial charge on any atom is -0.245 e. The van der Waals surface area contributed by atoms with Gasteiger partial charge in [0, 0.05) is 6.20 Å². The molecule has 0 aliphatic heterocycles. The molecule has 2 nitrogen and oxygen atoms in total. The Morgan fingerprint density at radius 2 is 1.72 bits per heavy atom. The van der Waals surface area contributed by atoms with Crippen LogP contribution in [0.2, 0.25) is 0 Å². The molecule has 1 aromatic heterocycles. The molecule has 1 aromatic carbocycles. The van der Waals surface area contributed by atoms with E-state index < -0.39 is 0 Å². The van der Waals surface area contributed by atoms with Gasteiger partial charge in [0.2, 0.25) is 0 Å². The van der Waals surface area contributed by atoms with Gasteiger partial charge in [0.1, 0.15) is 11.8 Å². The summed E-state index contributed by atoms with van der Waals surface area (Å²) in [5.74, 6) is 0. The van der Waals surface area contributed by atoms with E-state index in [1.807, 2.05) is 18.2 Å². The van der Waals surface area contributed by atoms with Crippen molar-refractivity contribution in [2.75, 3.05) is 0 Å². The highest BCUT2D eigenvalue weighted by atomic mass is 14.7. The van der Waals surface area contributed by atoms with Gasteiger partial charge < -0.3 is 0 Å². The molecule has 90 valence electrons. The second-order valence-corrected chi connectivity index (χ2v) is 4.32. The topological polar surface area (TPSA) is 36.7 Å². The molecule has 0 radical (unpaired) electrons. The van der Waals surface area contributed by atoms with Crippen molar-refractivity contribution in [2.45, 2.75) is 25.7 Å². The van der Waals surface area contributed by atoms with Crippen molar-refractivity contribution >= 4 is 0 Å². The van der Waals surface area contributed by atoms with Gasteiger partial charge in [-0.15, -0.1) is 0 Å². The van der Waals surface area contributed by atoms with Crippen LogP contribution in [-0.4, -0.2) is 4.98 Å². The lowest BCUT2D eigenvalue weighted by Gasteiger charge is -2.03. The predicted molar refractivity (Wildman–Crippen MR) is 72.0 cm³/mol. The molecular weight excluding hydrogens is 220 g/mol. The average molecular weight is 236 g/mol. The monoisotopic (exact) mass is 236 g/mol. The van der Waals surface area contributed by atoms with Crippen molar-refractivity contribution in [1.29, 1.82) is 5.26 Å². The smallest absolute Gasteiger partial charge is 0.143 e. The summed E-state index contributed by atoms with van der Waals surface area (Å²) in [6.45, 7) is 0. The molecule has 0 saturated carbocycles. The van der Waals surface area contributed by atoms with E-state index in [4.69, 9.17) is 5.26 Å². The van der Waals surface area contributed by atoms with Crippen molar-refractivity contribution in [2.24, 2.45) is 0 Å². The maximum absolute atomic E-state index is 8.94. The van der Waals surface area contributed by atoms with Crippen LogP contribution >= 0.6 is 0 Å². The molecule has 2 heteroatoms. The maximum atomic E-state index is 8.94. The van der Waals surface area contributed by atoms with Crippen LogP contribution in [0.1, 0.15) is 29.7 Å². The van der Waals surface area contributed by atoms with Crippen molar-refractivity contribution in [1.82, 2.24) is 4.98 Å². The molecule has 0 unspecified atom stereocenters. The first-order valence-electron chi connectivity index (χ1n) is 6.28. The third-order valence-corrected chi connectivity index (χ3v) is 3.00. The van der Waals surface area contributed by atoms with E-state index >= 15 is 0 Å². The lowest BCUT2D eigenvalue weighted by molar-refractivity contribution is 0.731. The van der Waals surface area contributed by atoms with Gasteiger partial charge in [0.05, 0.1) is 0 Å². The van der Waals surface area contributed by atoms with Crippen LogP contribution in [0.4, 0.5) is 0 Å². The fourth-order valence-electron chi connectivity index (χ4n) is 2.03. The van der Waals surface area contributed by atoms with Gasteiger partial charge in [-0.2, -0.15) is 5.26 Å². The van der Waals surface area contributed by atoms with Gasteiger partial charge in [-0.3, -0.25) is 0 Å². The van der Waals surface area contributed by atoms with Crippen LogP contribution in [0.5, 0.6) is 0 Å². The predicted octanol–water partition coefficient (Wildman–Crippen LogP) is 3.52. The molecule has 0 spiro atoms. The number of pyridine rings is 1. The lowest BCUT2D eigenvalue weighted by Crippen LogP contribution is -1.94. The van der Waals surface area contributed by atoms with Crippen molar-refractivity contribution < 1.29 is 0 Å². The fourth-order valence-corrected chi connectivity index (χ4v) is 2.03. The summed E-state index contributed by atoms with van der Waals surface area (Å²) in [5.41, 5.74) is 3.01. The van der Waals surface area contributed by atoms with Crippen LogP contribution in [0, 0.1) is 11.3 Å².